The van der Waals surface area contributed by atoms with Crippen molar-refractivity contribution in [3.05, 3.63) is 34.9 Å². The fourth-order valence-corrected chi connectivity index (χ4v) is 2.61. The fourth-order valence-electron chi connectivity index (χ4n) is 2.32. The maximum atomic E-state index is 6.29. The van der Waals surface area contributed by atoms with E-state index in [1.165, 1.54) is 4.63 Å². The topological polar surface area (TPSA) is 86.5 Å². The molecule has 1 aromatic carbocycles. The molecule has 0 aliphatic carbocycles. The van der Waals surface area contributed by atoms with Crippen LogP contribution in [0, 0.1) is 0 Å². The van der Waals surface area contributed by atoms with Crippen LogP contribution in [0.2, 0.25) is 5.02 Å². The van der Waals surface area contributed by atoms with E-state index in [0.29, 0.717) is 47.7 Å². The van der Waals surface area contributed by atoms with E-state index in [1.54, 1.807) is 6.07 Å². The van der Waals surface area contributed by atoms with Gasteiger partial charge < -0.3 is 14.8 Å². The number of nitrogens with one attached hydrogen (secondary N) is 1. The zero-order chi connectivity index (χ0) is 15.6. The van der Waals surface area contributed by atoms with Gasteiger partial charge in [-0.2, -0.15) is 0 Å². The zero-order valence-electron chi connectivity index (χ0n) is 12.1. The van der Waals surface area contributed by atoms with Crippen LogP contribution in [0.3, 0.4) is 0 Å². The minimum absolute atomic E-state index is 0.539. The van der Waals surface area contributed by atoms with Gasteiger partial charge >= 0.3 is 0 Å². The molecule has 0 saturated carbocycles. The lowest BCUT2D eigenvalue weighted by molar-refractivity contribution is 0.297. The van der Waals surface area contributed by atoms with Crippen LogP contribution < -0.4 is 14.8 Å². The van der Waals surface area contributed by atoms with Crippen molar-refractivity contribution in [3.63, 3.8) is 0 Å². The standard InChI is InChI=1S/C14H13ClN6O2/c15-10-6-9(7-11-14(10)23-5-1-4-22-11)8-16-12-2-3-13-17-19-20-21(13)18-12/h2-3,6-7H,1,4-5,8H2,(H,16,18). The minimum Gasteiger partial charge on any atom is -0.489 e. The summed E-state index contributed by atoms with van der Waals surface area (Å²) in [5.41, 5.74) is 1.56. The van der Waals surface area contributed by atoms with Crippen molar-refractivity contribution >= 4 is 23.1 Å². The molecule has 0 fully saturated rings. The Balaban J connectivity index is 1.54. The van der Waals surface area contributed by atoms with Gasteiger partial charge in [0.2, 0.25) is 0 Å². The molecule has 3 aromatic rings. The van der Waals surface area contributed by atoms with Crippen LogP contribution in [0.5, 0.6) is 11.5 Å². The Morgan fingerprint density at radius 2 is 2.13 bits per heavy atom. The minimum atomic E-state index is 0.539. The third kappa shape index (κ3) is 2.85. The van der Waals surface area contributed by atoms with E-state index >= 15 is 0 Å². The van der Waals surface area contributed by atoms with E-state index in [2.05, 4.69) is 25.9 Å². The number of tetrazole rings is 1. The highest BCUT2D eigenvalue weighted by molar-refractivity contribution is 6.32. The molecule has 9 heteroatoms. The van der Waals surface area contributed by atoms with E-state index in [9.17, 15) is 0 Å². The van der Waals surface area contributed by atoms with Gasteiger partial charge in [-0.15, -0.1) is 14.8 Å². The van der Waals surface area contributed by atoms with E-state index < -0.39 is 0 Å². The Morgan fingerprint density at radius 1 is 1.22 bits per heavy atom. The number of halogens is 1. The summed E-state index contributed by atoms with van der Waals surface area (Å²) in [5.74, 6) is 1.95. The number of hydrogen-bond donors (Lipinski definition) is 1. The molecule has 0 amide bonds. The summed E-state index contributed by atoms with van der Waals surface area (Å²) in [6, 6.07) is 7.39. The Hall–Kier alpha value is -2.61. The maximum absolute atomic E-state index is 6.29. The van der Waals surface area contributed by atoms with Gasteiger partial charge in [-0.1, -0.05) is 11.6 Å². The number of anilines is 1. The molecule has 0 spiro atoms. The second kappa shape index (κ2) is 5.88. The van der Waals surface area contributed by atoms with Crippen LogP contribution in [-0.4, -0.2) is 38.5 Å². The monoisotopic (exact) mass is 332 g/mol. The summed E-state index contributed by atoms with van der Waals surface area (Å²) in [4.78, 5) is 0. The molecule has 3 heterocycles. The SMILES string of the molecule is Clc1cc(CNc2ccc3nnnn3n2)cc2c1OCCCO2. The molecule has 1 aliphatic rings. The molecule has 2 aromatic heterocycles. The van der Waals surface area contributed by atoms with Crippen LogP contribution in [0.25, 0.3) is 5.65 Å². The first-order chi connectivity index (χ1) is 11.3. The van der Waals surface area contributed by atoms with Crippen LogP contribution in [-0.2, 0) is 6.54 Å². The predicted octanol–water partition coefficient (Wildman–Crippen LogP) is 1.95. The molecule has 0 atom stereocenters. The van der Waals surface area contributed by atoms with Gasteiger partial charge in [0, 0.05) is 13.0 Å². The summed E-state index contributed by atoms with van der Waals surface area (Å²) >= 11 is 6.29. The molecule has 1 N–H and O–H groups in total. The maximum Gasteiger partial charge on any atom is 0.200 e. The fraction of sp³-hybridized carbons (Fsp3) is 0.286. The van der Waals surface area contributed by atoms with E-state index in [1.807, 2.05) is 18.2 Å². The second-order valence-corrected chi connectivity index (χ2v) is 5.46. The Bertz CT molecular complexity index is 852. The average molecular weight is 333 g/mol. The molecule has 0 radical (unpaired) electrons. The molecular formula is C14H13ClN6O2. The van der Waals surface area contributed by atoms with Crippen molar-refractivity contribution in [3.8, 4) is 11.5 Å². The number of aromatic nitrogens is 5. The van der Waals surface area contributed by atoms with Gasteiger partial charge in [0.1, 0.15) is 5.82 Å². The summed E-state index contributed by atoms with van der Waals surface area (Å²) in [6.45, 7) is 1.77. The van der Waals surface area contributed by atoms with Gasteiger partial charge in [0.15, 0.2) is 17.1 Å². The summed E-state index contributed by atoms with van der Waals surface area (Å²) in [7, 11) is 0. The third-order valence-electron chi connectivity index (χ3n) is 3.41. The van der Waals surface area contributed by atoms with Crippen molar-refractivity contribution in [2.75, 3.05) is 18.5 Å². The van der Waals surface area contributed by atoms with Crippen molar-refractivity contribution in [1.82, 2.24) is 25.3 Å². The van der Waals surface area contributed by atoms with E-state index in [-0.39, 0.29) is 0 Å². The molecule has 0 bridgehead atoms. The Morgan fingerprint density at radius 3 is 3.09 bits per heavy atom. The van der Waals surface area contributed by atoms with Crippen molar-refractivity contribution in [2.45, 2.75) is 13.0 Å². The molecule has 1 aliphatic heterocycles. The van der Waals surface area contributed by atoms with E-state index in [4.69, 9.17) is 21.1 Å². The summed E-state index contributed by atoms with van der Waals surface area (Å²) < 4.78 is 12.7. The zero-order valence-corrected chi connectivity index (χ0v) is 12.8. The lowest BCUT2D eigenvalue weighted by atomic mass is 10.2. The number of benzene rings is 1. The van der Waals surface area contributed by atoms with Crippen molar-refractivity contribution in [1.29, 1.82) is 0 Å². The van der Waals surface area contributed by atoms with Gasteiger partial charge in [0.05, 0.1) is 18.2 Å². The third-order valence-corrected chi connectivity index (χ3v) is 3.69. The van der Waals surface area contributed by atoms with Gasteiger partial charge in [-0.25, -0.2) is 0 Å². The molecule has 0 saturated heterocycles. The second-order valence-electron chi connectivity index (χ2n) is 5.05. The van der Waals surface area contributed by atoms with Crippen molar-refractivity contribution in [2.24, 2.45) is 0 Å². The van der Waals surface area contributed by atoms with Gasteiger partial charge in [-0.3, -0.25) is 0 Å². The van der Waals surface area contributed by atoms with Crippen molar-refractivity contribution < 1.29 is 9.47 Å². The van der Waals surface area contributed by atoms with Crippen LogP contribution in [0.4, 0.5) is 5.82 Å². The Kier molecular flexibility index (Phi) is 3.58. The van der Waals surface area contributed by atoms with Crippen LogP contribution in [0.15, 0.2) is 24.3 Å². The highest BCUT2D eigenvalue weighted by Crippen LogP contribution is 2.38. The van der Waals surface area contributed by atoms with Crippen LogP contribution >= 0.6 is 11.6 Å². The normalized spacial score (nSPS) is 13.8. The average Bonchev–Trinajstić information content (AvgIpc) is 2.89. The number of nitrogens with zero attached hydrogens (tertiary/aromatic N) is 5. The number of ether oxygens (including phenoxy) is 2. The molecule has 23 heavy (non-hydrogen) atoms. The molecule has 4 rings (SSSR count). The van der Waals surface area contributed by atoms with Gasteiger partial charge in [-0.05, 0) is 40.3 Å². The van der Waals surface area contributed by atoms with Gasteiger partial charge in [0.25, 0.3) is 0 Å². The number of rotatable bonds is 3. The van der Waals surface area contributed by atoms with E-state index in [0.717, 1.165) is 12.0 Å². The Labute approximate surface area is 136 Å². The summed E-state index contributed by atoms with van der Waals surface area (Å²) in [6.07, 6.45) is 0.842. The largest absolute Gasteiger partial charge is 0.489 e. The molecule has 118 valence electrons. The first-order valence-corrected chi connectivity index (χ1v) is 7.55. The first-order valence-electron chi connectivity index (χ1n) is 7.17. The quantitative estimate of drug-likeness (QED) is 0.784. The number of hydrogen-bond acceptors (Lipinski definition) is 7. The molecule has 8 nitrogen and oxygen atoms in total. The highest BCUT2D eigenvalue weighted by Gasteiger charge is 2.15. The lowest BCUT2D eigenvalue weighted by Crippen LogP contribution is -2.05. The summed E-state index contributed by atoms with van der Waals surface area (Å²) in [5, 5.41) is 19.1. The lowest BCUT2D eigenvalue weighted by Gasteiger charge is -2.12. The molecule has 0 unspecified atom stereocenters. The first kappa shape index (κ1) is 14.0. The predicted molar refractivity (Wildman–Crippen MR) is 83.0 cm³/mol. The molecular weight excluding hydrogens is 320 g/mol. The van der Waals surface area contributed by atoms with Crippen LogP contribution in [0.1, 0.15) is 12.0 Å². The smallest absolute Gasteiger partial charge is 0.200 e. The number of fused-ring (bicyclic) bond motifs is 2. The highest BCUT2D eigenvalue weighted by atomic mass is 35.5.